The molecule has 0 radical (unpaired) electrons. The van der Waals surface area contributed by atoms with E-state index in [0.717, 1.165) is 33.2 Å². The lowest BCUT2D eigenvalue weighted by Crippen LogP contribution is -2.22. The summed E-state index contributed by atoms with van der Waals surface area (Å²) in [5, 5.41) is 3.97. The van der Waals surface area contributed by atoms with Gasteiger partial charge in [0.2, 0.25) is 5.91 Å². The summed E-state index contributed by atoms with van der Waals surface area (Å²) >= 11 is 1.62. The second-order valence-corrected chi connectivity index (χ2v) is 8.85. The van der Waals surface area contributed by atoms with E-state index in [0.29, 0.717) is 30.4 Å². The van der Waals surface area contributed by atoms with Crippen molar-refractivity contribution >= 4 is 27.3 Å². The Bertz CT molecular complexity index is 1090. The number of carbonyl (C=O) groups is 1. The van der Waals surface area contributed by atoms with Crippen LogP contribution >= 0.6 is 11.3 Å². The lowest BCUT2D eigenvalue weighted by molar-refractivity contribution is -0.137. The molecule has 7 heteroatoms. The number of methoxy groups -OCH3 is 1. The van der Waals surface area contributed by atoms with Crippen LogP contribution in [0.4, 0.5) is 13.2 Å². The number of nitrogens with one attached hydrogen (secondary N) is 1. The number of thiophene rings is 1. The third-order valence-corrected chi connectivity index (χ3v) is 6.72. The van der Waals surface area contributed by atoms with Crippen molar-refractivity contribution < 1.29 is 22.7 Å². The first-order valence-electron chi connectivity index (χ1n) is 9.76. The van der Waals surface area contributed by atoms with Crippen LogP contribution in [0.2, 0.25) is 0 Å². The monoisotopic (exact) mass is 433 g/mol. The molecule has 0 spiro atoms. The van der Waals surface area contributed by atoms with E-state index < -0.39 is 11.7 Å². The summed E-state index contributed by atoms with van der Waals surface area (Å²) in [6.07, 6.45) is -2.95. The van der Waals surface area contributed by atoms with Crippen LogP contribution < -0.4 is 10.1 Å². The summed E-state index contributed by atoms with van der Waals surface area (Å²) in [6, 6.07) is 11.4. The normalized spacial score (nSPS) is 18.4. The molecule has 1 amide bonds. The van der Waals surface area contributed by atoms with E-state index in [4.69, 9.17) is 4.74 Å². The third kappa shape index (κ3) is 4.31. The lowest BCUT2D eigenvalue weighted by atomic mass is 9.99. The van der Waals surface area contributed by atoms with Crippen molar-refractivity contribution in [1.82, 2.24) is 5.32 Å². The molecule has 0 saturated heterocycles. The molecule has 1 aliphatic carbocycles. The van der Waals surface area contributed by atoms with E-state index in [1.54, 1.807) is 24.5 Å². The number of hydrogen-bond acceptors (Lipinski definition) is 3. The summed E-state index contributed by atoms with van der Waals surface area (Å²) in [5.41, 5.74) is 1.20. The van der Waals surface area contributed by atoms with Crippen LogP contribution in [0.15, 0.2) is 42.5 Å². The zero-order valence-corrected chi connectivity index (χ0v) is 17.5. The Kier molecular flexibility index (Phi) is 5.49. The first kappa shape index (κ1) is 20.7. The van der Waals surface area contributed by atoms with Crippen molar-refractivity contribution in [2.24, 2.45) is 5.92 Å². The van der Waals surface area contributed by atoms with Gasteiger partial charge in [-0.25, -0.2) is 0 Å². The van der Waals surface area contributed by atoms with Crippen molar-refractivity contribution in [3.05, 3.63) is 64.0 Å². The smallest absolute Gasteiger partial charge is 0.416 e. The van der Waals surface area contributed by atoms with Gasteiger partial charge in [0.1, 0.15) is 5.75 Å². The molecular weight excluding hydrogens is 411 g/mol. The number of amides is 1. The van der Waals surface area contributed by atoms with Gasteiger partial charge in [0, 0.05) is 29.5 Å². The van der Waals surface area contributed by atoms with Gasteiger partial charge in [0.05, 0.1) is 12.7 Å². The van der Waals surface area contributed by atoms with Gasteiger partial charge in [-0.3, -0.25) is 4.79 Å². The number of ether oxygens (including phenoxy) is 1. The minimum absolute atomic E-state index is 0.0540. The maximum absolute atomic E-state index is 13.1. The molecule has 30 heavy (non-hydrogen) atoms. The van der Waals surface area contributed by atoms with E-state index in [2.05, 4.69) is 5.32 Å². The van der Waals surface area contributed by atoms with Crippen molar-refractivity contribution in [1.29, 1.82) is 0 Å². The van der Waals surface area contributed by atoms with E-state index in [1.165, 1.54) is 24.6 Å². The van der Waals surface area contributed by atoms with Crippen LogP contribution in [0.25, 0.3) is 10.1 Å². The van der Waals surface area contributed by atoms with E-state index in [1.807, 2.05) is 18.2 Å². The van der Waals surface area contributed by atoms with E-state index in [-0.39, 0.29) is 5.91 Å². The number of fused-ring (bicyclic) bond motifs is 1. The molecular formula is C23H22F3NO2S. The molecule has 3 aromatic rings. The largest absolute Gasteiger partial charge is 0.497 e. The molecule has 2 atom stereocenters. The number of hydrogen-bond donors (Lipinski definition) is 1. The Balaban J connectivity index is 1.70. The molecule has 1 aliphatic rings. The average Bonchev–Trinajstić information content (AvgIpc) is 3.37. The topological polar surface area (TPSA) is 38.3 Å². The molecule has 2 aromatic carbocycles. The molecule has 1 aromatic heterocycles. The minimum atomic E-state index is -4.35. The van der Waals surface area contributed by atoms with Gasteiger partial charge in [-0.05, 0) is 59.0 Å². The Morgan fingerprint density at radius 3 is 2.73 bits per heavy atom. The quantitative estimate of drug-likeness (QED) is 0.537. The SMILES string of the molecule is COc1ccc2sc(Cc3cccc(C(F)(F)F)c3)c([C@@H]3C[C@H]3CNC(C)=O)c2c1. The number of carbonyl (C=O) groups excluding carboxylic acids is 1. The summed E-state index contributed by atoms with van der Waals surface area (Å²) in [5.74, 6) is 1.34. The fourth-order valence-corrected chi connectivity index (χ4v) is 5.25. The highest BCUT2D eigenvalue weighted by Gasteiger charge is 2.41. The van der Waals surface area contributed by atoms with Gasteiger partial charge in [-0.2, -0.15) is 13.2 Å². The average molecular weight is 433 g/mol. The number of benzene rings is 2. The lowest BCUT2D eigenvalue weighted by Gasteiger charge is -2.10. The molecule has 0 unspecified atom stereocenters. The molecule has 158 valence electrons. The molecule has 3 nitrogen and oxygen atoms in total. The summed E-state index contributed by atoms with van der Waals surface area (Å²) in [4.78, 5) is 12.3. The number of rotatable bonds is 6. The molecule has 1 N–H and O–H groups in total. The molecule has 1 saturated carbocycles. The Labute approximate surface area is 176 Å². The predicted molar refractivity (Wildman–Crippen MR) is 112 cm³/mol. The van der Waals surface area contributed by atoms with Crippen molar-refractivity contribution in [3.63, 3.8) is 0 Å². The molecule has 4 rings (SSSR count). The number of alkyl halides is 3. The Morgan fingerprint density at radius 1 is 1.23 bits per heavy atom. The molecule has 0 bridgehead atoms. The van der Waals surface area contributed by atoms with E-state index in [9.17, 15) is 18.0 Å². The molecule has 1 heterocycles. The summed E-state index contributed by atoms with van der Waals surface area (Å²) < 4.78 is 45.9. The van der Waals surface area contributed by atoms with Crippen LogP contribution in [0.5, 0.6) is 5.75 Å². The van der Waals surface area contributed by atoms with Crippen molar-refractivity contribution in [2.75, 3.05) is 13.7 Å². The minimum Gasteiger partial charge on any atom is -0.497 e. The molecule has 0 aliphatic heterocycles. The predicted octanol–water partition coefficient (Wildman–Crippen LogP) is 5.76. The standard InChI is InChI=1S/C23H22F3NO2S/c1-13(28)27-12-15-10-18(15)22-19-11-17(29-2)6-7-20(19)30-21(22)9-14-4-3-5-16(8-14)23(24,25)26/h3-8,11,15,18H,9-10,12H2,1-2H3,(H,27,28)/t15-,18+/m0/s1. The maximum Gasteiger partial charge on any atom is 0.416 e. The van der Waals surface area contributed by atoms with Gasteiger partial charge in [0.25, 0.3) is 0 Å². The van der Waals surface area contributed by atoms with Crippen LogP contribution in [-0.4, -0.2) is 19.6 Å². The highest BCUT2D eigenvalue weighted by atomic mass is 32.1. The highest BCUT2D eigenvalue weighted by Crippen LogP contribution is 2.53. The van der Waals surface area contributed by atoms with Gasteiger partial charge >= 0.3 is 6.18 Å². The first-order chi connectivity index (χ1) is 14.3. The van der Waals surface area contributed by atoms with Crippen molar-refractivity contribution in [3.8, 4) is 5.75 Å². The van der Waals surface area contributed by atoms with Crippen LogP contribution in [-0.2, 0) is 17.4 Å². The second kappa shape index (κ2) is 7.95. The fourth-order valence-electron chi connectivity index (χ4n) is 3.96. The van der Waals surface area contributed by atoms with Gasteiger partial charge in [-0.15, -0.1) is 11.3 Å². The zero-order chi connectivity index (χ0) is 21.5. The third-order valence-electron chi connectivity index (χ3n) is 5.54. The van der Waals surface area contributed by atoms with E-state index >= 15 is 0 Å². The van der Waals surface area contributed by atoms with Crippen LogP contribution in [0.1, 0.15) is 40.8 Å². The van der Waals surface area contributed by atoms with Crippen LogP contribution in [0.3, 0.4) is 0 Å². The van der Waals surface area contributed by atoms with Crippen LogP contribution in [0, 0.1) is 5.92 Å². The fraction of sp³-hybridized carbons (Fsp3) is 0.348. The molecule has 1 fully saturated rings. The first-order valence-corrected chi connectivity index (χ1v) is 10.6. The zero-order valence-electron chi connectivity index (χ0n) is 16.7. The van der Waals surface area contributed by atoms with Crippen molar-refractivity contribution in [2.45, 2.75) is 31.9 Å². The maximum atomic E-state index is 13.1. The second-order valence-electron chi connectivity index (χ2n) is 7.72. The van der Waals surface area contributed by atoms with Gasteiger partial charge in [0.15, 0.2) is 0 Å². The Hall–Kier alpha value is -2.54. The number of halogens is 3. The van der Waals surface area contributed by atoms with Gasteiger partial charge < -0.3 is 10.1 Å². The van der Waals surface area contributed by atoms with Gasteiger partial charge in [-0.1, -0.05) is 18.2 Å². The summed E-state index contributed by atoms with van der Waals surface area (Å²) in [7, 11) is 1.62. The summed E-state index contributed by atoms with van der Waals surface area (Å²) in [6.45, 7) is 2.12. The highest BCUT2D eigenvalue weighted by molar-refractivity contribution is 7.19. The Morgan fingerprint density at radius 2 is 2.03 bits per heavy atom.